The van der Waals surface area contributed by atoms with Crippen LogP contribution in [-0.2, 0) is 14.2 Å². The molecule has 0 atom stereocenters. The SMILES string of the molecule is CCCCCCCCCCCCCCCCCC(=O)OB=O. The van der Waals surface area contributed by atoms with Gasteiger partial charge in [-0.1, -0.05) is 45.4 Å². The van der Waals surface area contributed by atoms with Crippen LogP contribution in [0.5, 0.6) is 0 Å². The molecule has 0 saturated heterocycles. The number of hydrogen-bond acceptors (Lipinski definition) is 3. The van der Waals surface area contributed by atoms with Crippen LogP contribution >= 0.6 is 0 Å². The molecule has 0 bridgehead atoms. The van der Waals surface area contributed by atoms with E-state index in [1.807, 2.05) is 0 Å². The number of unbranched alkanes of at least 4 members (excludes halogenated alkanes) is 14. The number of carbonyl (C=O) groups excluding carboxylic acids is 1. The Bertz CT molecular complexity index is 257. The Morgan fingerprint density at radius 2 is 1.05 bits per heavy atom. The number of rotatable bonds is 17. The number of hydrogen-bond donors (Lipinski definition) is 0. The van der Waals surface area contributed by atoms with Crippen molar-refractivity contribution in [2.75, 3.05) is 0 Å². The Labute approximate surface area is 137 Å². The molecule has 0 N–H and O–H groups in total. The molecule has 0 radical (unpaired) electrons. The Balaban J connectivity index is 3.02. The summed E-state index contributed by atoms with van der Waals surface area (Å²) in [5.74, 6) is -0.398. The Morgan fingerprint density at radius 3 is 1.41 bits per heavy atom. The van der Waals surface area contributed by atoms with Crippen LogP contribution in [0.3, 0.4) is 0 Å². The molecule has 0 aliphatic rings. The van der Waals surface area contributed by atoms with E-state index in [1.165, 1.54) is 83.5 Å². The molecule has 0 fully saturated rings. The van der Waals surface area contributed by atoms with Crippen molar-refractivity contribution in [1.29, 1.82) is 0 Å². The maximum absolute atomic E-state index is 10.9. The molecule has 0 aromatic rings. The van der Waals surface area contributed by atoms with Gasteiger partial charge in [-0.05, 0) is 0 Å². The maximum atomic E-state index is 10.9. The van der Waals surface area contributed by atoms with Gasteiger partial charge in [-0.3, -0.25) is 0 Å². The third kappa shape index (κ3) is 17.4. The van der Waals surface area contributed by atoms with Gasteiger partial charge >= 0.3 is 91.7 Å². The van der Waals surface area contributed by atoms with Crippen molar-refractivity contribution in [2.24, 2.45) is 0 Å². The first-order valence-corrected chi connectivity index (χ1v) is 9.44. The van der Waals surface area contributed by atoms with E-state index < -0.39 is 5.97 Å². The summed E-state index contributed by atoms with van der Waals surface area (Å²) in [7, 11) is 0.216. The van der Waals surface area contributed by atoms with Gasteiger partial charge in [0.2, 0.25) is 0 Å². The molecule has 4 heteroatoms. The van der Waals surface area contributed by atoms with E-state index in [0.29, 0.717) is 6.42 Å². The van der Waals surface area contributed by atoms with E-state index in [9.17, 15) is 9.50 Å². The van der Waals surface area contributed by atoms with Crippen LogP contribution in [-0.4, -0.2) is 13.3 Å². The van der Waals surface area contributed by atoms with Crippen LogP contribution in [0.4, 0.5) is 0 Å². The molecule has 0 rings (SSSR count). The predicted octanol–water partition coefficient (Wildman–Crippen LogP) is 5.76. The third-order valence-electron chi connectivity index (χ3n) is 4.16. The van der Waals surface area contributed by atoms with Crippen molar-refractivity contribution in [3.8, 4) is 0 Å². The van der Waals surface area contributed by atoms with E-state index >= 15 is 0 Å². The number of carbonyl (C=O) groups is 1. The average molecular weight is 310 g/mol. The van der Waals surface area contributed by atoms with E-state index in [4.69, 9.17) is 0 Å². The topological polar surface area (TPSA) is 43.4 Å². The van der Waals surface area contributed by atoms with E-state index in [-0.39, 0.29) is 7.35 Å². The molecule has 0 spiro atoms. The fourth-order valence-electron chi connectivity index (χ4n) is 2.75. The fourth-order valence-corrected chi connectivity index (χ4v) is 2.75. The summed E-state index contributed by atoms with van der Waals surface area (Å²) in [6.07, 6.45) is 20.0. The van der Waals surface area contributed by atoms with Crippen LogP contribution < -0.4 is 0 Å². The van der Waals surface area contributed by atoms with Gasteiger partial charge in [0.05, 0.1) is 0 Å². The van der Waals surface area contributed by atoms with Gasteiger partial charge in [-0.25, -0.2) is 0 Å². The van der Waals surface area contributed by atoms with Crippen LogP contribution in [0.25, 0.3) is 0 Å². The van der Waals surface area contributed by atoms with Gasteiger partial charge < -0.3 is 0 Å². The second-order valence-electron chi connectivity index (χ2n) is 6.29. The molecule has 0 aliphatic carbocycles. The second-order valence-corrected chi connectivity index (χ2v) is 6.29. The molecule has 0 aromatic heterocycles. The van der Waals surface area contributed by atoms with E-state index in [0.717, 1.165) is 12.8 Å². The van der Waals surface area contributed by atoms with Crippen LogP contribution in [0.2, 0.25) is 0 Å². The zero-order valence-corrected chi connectivity index (χ0v) is 14.6. The summed E-state index contributed by atoms with van der Waals surface area (Å²) in [6, 6.07) is 0. The summed E-state index contributed by atoms with van der Waals surface area (Å²) >= 11 is 0. The van der Waals surface area contributed by atoms with Crippen molar-refractivity contribution in [3.63, 3.8) is 0 Å². The Morgan fingerprint density at radius 1 is 0.682 bits per heavy atom. The molecule has 22 heavy (non-hydrogen) atoms. The Kier molecular flexibility index (Phi) is 17.8. The zero-order chi connectivity index (χ0) is 16.3. The van der Waals surface area contributed by atoms with Crippen molar-refractivity contribution in [3.05, 3.63) is 0 Å². The normalized spacial score (nSPS) is 10.4. The molecule has 0 unspecified atom stereocenters. The van der Waals surface area contributed by atoms with Gasteiger partial charge in [0.15, 0.2) is 0 Å². The van der Waals surface area contributed by atoms with Crippen molar-refractivity contribution < 1.29 is 14.2 Å². The molecular weight excluding hydrogens is 275 g/mol. The summed E-state index contributed by atoms with van der Waals surface area (Å²) in [6.45, 7) is 2.27. The zero-order valence-electron chi connectivity index (χ0n) is 14.6. The van der Waals surface area contributed by atoms with E-state index in [2.05, 4.69) is 11.6 Å². The van der Waals surface area contributed by atoms with Crippen molar-refractivity contribution >= 4 is 13.3 Å². The van der Waals surface area contributed by atoms with E-state index in [1.54, 1.807) is 0 Å². The third-order valence-corrected chi connectivity index (χ3v) is 4.16. The molecule has 0 aromatic carbocycles. The minimum atomic E-state index is -0.398. The van der Waals surface area contributed by atoms with Gasteiger partial charge in [-0.2, -0.15) is 0 Å². The molecule has 0 saturated carbocycles. The minimum absolute atomic E-state index is 0.216. The predicted molar refractivity (Wildman–Crippen MR) is 92.1 cm³/mol. The second kappa shape index (κ2) is 18.4. The molecule has 0 amide bonds. The molecule has 0 heterocycles. The monoisotopic (exact) mass is 310 g/mol. The summed E-state index contributed by atoms with van der Waals surface area (Å²) in [5, 5.41) is 0. The standard InChI is InChI=1S/C18H35BO3/c1-2-3-4-5-6-7-8-9-10-11-12-13-14-15-16-17-18(20)22-19-21/h2-17H2,1H3. The quantitative estimate of drug-likeness (QED) is 0.253. The van der Waals surface area contributed by atoms with Crippen LogP contribution in [0.15, 0.2) is 0 Å². The van der Waals surface area contributed by atoms with Gasteiger partial charge in [-0.15, -0.1) is 0 Å². The van der Waals surface area contributed by atoms with Gasteiger partial charge in [0, 0.05) is 0 Å². The fraction of sp³-hybridized carbons (Fsp3) is 0.944. The van der Waals surface area contributed by atoms with Crippen LogP contribution in [0, 0.1) is 0 Å². The molecule has 0 aliphatic heterocycles. The van der Waals surface area contributed by atoms with Gasteiger partial charge in [0.1, 0.15) is 0 Å². The Hall–Kier alpha value is -0.665. The average Bonchev–Trinajstić information content (AvgIpc) is 2.51. The van der Waals surface area contributed by atoms with Crippen molar-refractivity contribution in [1.82, 2.24) is 0 Å². The summed E-state index contributed by atoms with van der Waals surface area (Å²) < 4.78 is 14.2. The molecular formula is C18H35BO3. The summed E-state index contributed by atoms with van der Waals surface area (Å²) in [4.78, 5) is 10.9. The van der Waals surface area contributed by atoms with Gasteiger partial charge in [0.25, 0.3) is 0 Å². The first kappa shape index (κ1) is 21.3. The van der Waals surface area contributed by atoms with Crippen molar-refractivity contribution in [2.45, 2.75) is 110 Å². The summed E-state index contributed by atoms with van der Waals surface area (Å²) in [5.41, 5.74) is 0. The first-order chi connectivity index (χ1) is 10.8. The molecule has 3 nitrogen and oxygen atoms in total. The first-order valence-electron chi connectivity index (χ1n) is 9.44. The van der Waals surface area contributed by atoms with Crippen LogP contribution in [0.1, 0.15) is 110 Å². The molecule has 128 valence electrons.